The van der Waals surface area contributed by atoms with Gasteiger partial charge in [-0.25, -0.2) is 9.88 Å². The molecule has 2 saturated heterocycles. The van der Waals surface area contributed by atoms with Crippen LogP contribution in [0.4, 0.5) is 11.4 Å². The number of furan rings is 1. The Kier molecular flexibility index (Phi) is 6.53. The average molecular weight is 584 g/mol. The van der Waals surface area contributed by atoms with Crippen molar-refractivity contribution in [3.05, 3.63) is 76.7 Å². The van der Waals surface area contributed by atoms with E-state index in [0.717, 1.165) is 28.1 Å². The van der Waals surface area contributed by atoms with Crippen LogP contribution in [0, 0.1) is 12.8 Å². The monoisotopic (exact) mass is 583 g/mol. The molecule has 2 aromatic heterocycles. The second kappa shape index (κ2) is 10.4. The summed E-state index contributed by atoms with van der Waals surface area (Å²) >= 11 is 1.52. The molecule has 5 heterocycles. The highest BCUT2D eigenvalue weighted by Crippen LogP contribution is 2.37. The number of anilines is 2. The number of carbonyl (C=O) groups is 4. The van der Waals surface area contributed by atoms with Crippen molar-refractivity contribution < 1.29 is 23.6 Å². The quantitative estimate of drug-likeness (QED) is 0.332. The van der Waals surface area contributed by atoms with Crippen LogP contribution in [0.3, 0.4) is 0 Å². The van der Waals surface area contributed by atoms with Crippen LogP contribution in [0.5, 0.6) is 0 Å². The van der Waals surface area contributed by atoms with E-state index in [-0.39, 0.29) is 29.5 Å². The van der Waals surface area contributed by atoms with Crippen LogP contribution in [-0.2, 0) is 4.79 Å². The van der Waals surface area contributed by atoms with Crippen LogP contribution in [-0.4, -0.2) is 77.7 Å². The van der Waals surface area contributed by atoms with Crippen molar-refractivity contribution in [1.82, 2.24) is 14.8 Å². The number of fused-ring (bicyclic) bond motifs is 2. The third-order valence-corrected chi connectivity index (χ3v) is 9.29. The average Bonchev–Trinajstić information content (AvgIpc) is 3.74. The minimum Gasteiger partial charge on any atom is -0.459 e. The van der Waals surface area contributed by atoms with Gasteiger partial charge in [0.25, 0.3) is 17.7 Å². The Balaban J connectivity index is 1.07. The van der Waals surface area contributed by atoms with E-state index in [9.17, 15) is 19.2 Å². The predicted molar refractivity (Wildman–Crippen MR) is 158 cm³/mol. The summed E-state index contributed by atoms with van der Waals surface area (Å²) < 4.78 is 6.16. The highest BCUT2D eigenvalue weighted by atomic mass is 32.1. The molecule has 3 aliphatic rings. The minimum atomic E-state index is -0.350. The van der Waals surface area contributed by atoms with E-state index < -0.39 is 0 Å². The number of thiazole rings is 1. The lowest BCUT2D eigenvalue weighted by molar-refractivity contribution is -0.137. The lowest BCUT2D eigenvalue weighted by Gasteiger charge is -2.39. The Morgan fingerprint density at radius 1 is 0.952 bits per heavy atom. The molecular weight excluding hydrogens is 554 g/mol. The van der Waals surface area contributed by atoms with Crippen LogP contribution >= 0.6 is 11.3 Å². The van der Waals surface area contributed by atoms with Gasteiger partial charge in [0, 0.05) is 39.3 Å². The Hall–Kier alpha value is -4.51. The number of carbonyl (C=O) groups excluding carboxylic acids is 4. The second-order valence-electron chi connectivity index (χ2n) is 10.9. The van der Waals surface area contributed by atoms with E-state index >= 15 is 0 Å². The van der Waals surface area contributed by atoms with Crippen molar-refractivity contribution in [2.45, 2.75) is 19.8 Å². The molecule has 2 fully saturated rings. The first-order chi connectivity index (χ1) is 20.4. The van der Waals surface area contributed by atoms with Gasteiger partial charge in [0.1, 0.15) is 0 Å². The zero-order valence-corrected chi connectivity index (χ0v) is 23.9. The van der Waals surface area contributed by atoms with Gasteiger partial charge in [0.05, 0.1) is 49.9 Å². The fourth-order valence-corrected chi connectivity index (χ4v) is 7.14. The van der Waals surface area contributed by atoms with Gasteiger partial charge < -0.3 is 19.1 Å². The molecule has 7 rings (SSSR count). The van der Waals surface area contributed by atoms with E-state index in [1.165, 1.54) is 22.5 Å². The van der Waals surface area contributed by atoms with Crippen molar-refractivity contribution >= 4 is 56.6 Å². The smallest absolute Gasteiger partial charge is 0.289 e. The van der Waals surface area contributed by atoms with Crippen molar-refractivity contribution in [3.8, 4) is 0 Å². The second-order valence-corrected chi connectivity index (χ2v) is 12.1. The first kappa shape index (κ1) is 26.4. The Morgan fingerprint density at radius 3 is 2.55 bits per heavy atom. The fraction of sp³-hybridized carbons (Fsp3) is 0.323. The van der Waals surface area contributed by atoms with Gasteiger partial charge in [-0.1, -0.05) is 6.07 Å². The molecule has 1 unspecified atom stereocenters. The van der Waals surface area contributed by atoms with Gasteiger partial charge in [-0.2, -0.15) is 0 Å². The molecule has 0 radical (unpaired) electrons. The highest BCUT2D eigenvalue weighted by Gasteiger charge is 2.41. The summed E-state index contributed by atoms with van der Waals surface area (Å²) in [6.45, 7) is 4.93. The molecule has 214 valence electrons. The number of hydrogen-bond donors (Lipinski definition) is 0. The number of rotatable bonds is 4. The summed E-state index contributed by atoms with van der Waals surface area (Å²) in [5, 5.41) is 0.922. The maximum Gasteiger partial charge on any atom is 0.289 e. The minimum absolute atomic E-state index is 0.0644. The summed E-state index contributed by atoms with van der Waals surface area (Å²) in [6, 6.07) is 14.2. The van der Waals surface area contributed by atoms with Crippen molar-refractivity contribution in [2.75, 3.05) is 49.1 Å². The van der Waals surface area contributed by atoms with Crippen LogP contribution in [0.1, 0.15) is 49.1 Å². The summed E-state index contributed by atoms with van der Waals surface area (Å²) in [7, 11) is 0. The molecule has 10 nitrogen and oxygen atoms in total. The summed E-state index contributed by atoms with van der Waals surface area (Å²) in [5.74, 6) is -0.721. The standard InChI is InChI=1S/C31H29N5O5S/c1-19-32-23-10-9-21(17-26(23)42-19)36-29(38)22-6-2-7-24(27(22)31(36)40)35-11-3-5-20(18-35)28(37)33-12-14-34(15-13-33)30(39)25-8-4-16-41-25/h2,4,6-10,16-17,20H,3,5,11-15,18H2,1H3. The van der Waals surface area contributed by atoms with Gasteiger partial charge in [0.15, 0.2) is 5.76 Å². The highest BCUT2D eigenvalue weighted by molar-refractivity contribution is 7.18. The van der Waals surface area contributed by atoms with Gasteiger partial charge >= 0.3 is 0 Å². The molecular formula is C31H29N5O5S. The number of piperazine rings is 1. The van der Waals surface area contributed by atoms with E-state index in [0.29, 0.717) is 67.5 Å². The number of aromatic nitrogens is 1. The van der Waals surface area contributed by atoms with Gasteiger partial charge in [-0.15, -0.1) is 11.3 Å². The molecule has 2 aromatic carbocycles. The van der Waals surface area contributed by atoms with E-state index in [4.69, 9.17) is 4.42 Å². The van der Waals surface area contributed by atoms with Crippen LogP contribution in [0.25, 0.3) is 10.2 Å². The molecule has 1 atom stereocenters. The molecule has 3 aliphatic heterocycles. The van der Waals surface area contributed by atoms with Gasteiger partial charge in [-0.05, 0) is 62.2 Å². The molecule has 0 N–H and O–H groups in total. The zero-order valence-electron chi connectivity index (χ0n) is 23.1. The molecule has 0 spiro atoms. The third kappa shape index (κ3) is 4.44. The van der Waals surface area contributed by atoms with Crippen molar-refractivity contribution in [3.63, 3.8) is 0 Å². The van der Waals surface area contributed by atoms with Crippen LogP contribution in [0.2, 0.25) is 0 Å². The fourth-order valence-electron chi connectivity index (χ4n) is 6.27. The molecule has 0 bridgehead atoms. The largest absolute Gasteiger partial charge is 0.459 e. The predicted octanol–water partition coefficient (Wildman–Crippen LogP) is 4.20. The topological polar surface area (TPSA) is 107 Å². The normalized spacial score (nSPS) is 19.1. The van der Waals surface area contributed by atoms with E-state index in [1.807, 2.05) is 30.0 Å². The van der Waals surface area contributed by atoms with Gasteiger partial charge in [0.2, 0.25) is 5.91 Å². The molecule has 11 heteroatoms. The summed E-state index contributed by atoms with van der Waals surface area (Å²) in [5.41, 5.74) is 2.83. The first-order valence-electron chi connectivity index (χ1n) is 14.1. The maximum absolute atomic E-state index is 13.8. The molecule has 0 saturated carbocycles. The lowest BCUT2D eigenvalue weighted by atomic mass is 9.94. The molecule has 42 heavy (non-hydrogen) atoms. The van der Waals surface area contributed by atoms with Crippen LogP contribution < -0.4 is 9.80 Å². The number of aryl methyl sites for hydroxylation is 1. The molecule has 0 aliphatic carbocycles. The Morgan fingerprint density at radius 2 is 1.76 bits per heavy atom. The number of benzene rings is 2. The molecule has 4 amide bonds. The number of nitrogens with zero attached hydrogens (tertiary/aromatic N) is 5. The van der Waals surface area contributed by atoms with E-state index in [1.54, 1.807) is 35.2 Å². The summed E-state index contributed by atoms with van der Waals surface area (Å²) in [4.78, 5) is 64.8. The van der Waals surface area contributed by atoms with E-state index in [2.05, 4.69) is 9.88 Å². The van der Waals surface area contributed by atoms with Crippen molar-refractivity contribution in [1.29, 1.82) is 0 Å². The number of amides is 4. The zero-order chi connectivity index (χ0) is 29.0. The third-order valence-electron chi connectivity index (χ3n) is 8.35. The SMILES string of the molecule is Cc1nc2ccc(N3C(=O)c4cccc(N5CCCC(C(=O)N6CCN(C(=O)c7ccco7)CC6)C5)c4C3=O)cc2s1. The molecule has 4 aromatic rings. The maximum atomic E-state index is 13.8. The van der Waals surface area contributed by atoms with Crippen molar-refractivity contribution in [2.24, 2.45) is 5.92 Å². The number of piperidine rings is 1. The number of hydrogen-bond acceptors (Lipinski definition) is 8. The lowest BCUT2D eigenvalue weighted by Crippen LogP contribution is -2.53. The first-order valence-corrected chi connectivity index (χ1v) is 15.0. The van der Waals surface area contributed by atoms with Crippen LogP contribution in [0.15, 0.2) is 59.2 Å². The van der Waals surface area contributed by atoms with Gasteiger partial charge in [-0.3, -0.25) is 19.2 Å². The number of imide groups is 1. The summed E-state index contributed by atoms with van der Waals surface area (Å²) in [6.07, 6.45) is 3.03. The Labute approximate surface area is 246 Å². The Bertz CT molecular complexity index is 1720.